The number of halogens is 1. The number of β-amino-alcohol motifs (C(OH)–C–C–N with tert-alkyl or cyclic N) is 1. The Morgan fingerprint density at radius 2 is 1.52 bits per heavy atom. The van der Waals surface area contributed by atoms with Crippen LogP contribution in [0.3, 0.4) is 0 Å². The van der Waals surface area contributed by atoms with E-state index >= 15 is 0 Å². The third-order valence-corrected chi connectivity index (χ3v) is 5.32. The maximum Gasteiger partial charge on any atom is 0.115 e. The first-order chi connectivity index (χ1) is 12.4. The largest absolute Gasteiger partial charge is 0.508 e. The fraction of sp³-hybridized carbons (Fsp3) is 0.455. The zero-order valence-corrected chi connectivity index (χ0v) is 16.7. The number of aromatic hydroxyl groups is 1. The van der Waals surface area contributed by atoms with Gasteiger partial charge in [0.25, 0.3) is 0 Å². The number of rotatable bonds is 6. The van der Waals surface area contributed by atoms with Crippen LogP contribution >= 0.6 is 12.4 Å². The molecule has 2 aromatic rings. The van der Waals surface area contributed by atoms with Gasteiger partial charge in [-0.2, -0.15) is 0 Å². The normalized spacial score (nSPS) is 17.9. The van der Waals surface area contributed by atoms with Crippen LogP contribution in [0.25, 0.3) is 0 Å². The Kier molecular flexibility index (Phi) is 7.68. The molecule has 0 aromatic heterocycles. The molecule has 0 aliphatic carbocycles. The fourth-order valence-electron chi connectivity index (χ4n) is 3.68. The average molecular weight is 392 g/mol. The second-order valence-corrected chi connectivity index (χ2v) is 7.71. The van der Waals surface area contributed by atoms with Crippen molar-refractivity contribution in [2.24, 2.45) is 0 Å². The molecule has 3 N–H and O–H groups in total. The lowest BCUT2D eigenvalue weighted by Gasteiger charge is -2.39. The molecule has 5 heteroatoms. The highest BCUT2D eigenvalue weighted by molar-refractivity contribution is 5.85. The van der Waals surface area contributed by atoms with Crippen molar-refractivity contribution in [2.45, 2.75) is 44.3 Å². The first-order valence-corrected chi connectivity index (χ1v) is 9.38. The molecule has 0 radical (unpaired) electrons. The first kappa shape index (κ1) is 21.7. The number of piperidine rings is 1. The smallest absolute Gasteiger partial charge is 0.115 e. The predicted molar refractivity (Wildman–Crippen MR) is 111 cm³/mol. The Labute approximate surface area is 167 Å². The molecule has 1 heterocycles. The number of aryl methyl sites for hydroxylation is 1. The van der Waals surface area contributed by atoms with Gasteiger partial charge in [-0.15, -0.1) is 12.4 Å². The Balaban J connectivity index is 0.00000261. The molecule has 1 fully saturated rings. The summed E-state index contributed by atoms with van der Waals surface area (Å²) < 4.78 is 0. The van der Waals surface area contributed by atoms with Crippen LogP contribution < -0.4 is 0 Å². The molecule has 1 saturated heterocycles. The molecule has 148 valence electrons. The van der Waals surface area contributed by atoms with Crippen molar-refractivity contribution < 1.29 is 15.3 Å². The second kappa shape index (κ2) is 9.56. The second-order valence-electron chi connectivity index (χ2n) is 7.71. The van der Waals surface area contributed by atoms with Gasteiger partial charge in [-0.1, -0.05) is 42.0 Å². The Hall–Kier alpha value is -1.59. The monoisotopic (exact) mass is 391 g/mol. The van der Waals surface area contributed by atoms with E-state index in [9.17, 15) is 15.3 Å². The van der Waals surface area contributed by atoms with Crippen LogP contribution in [-0.4, -0.2) is 51.6 Å². The number of phenols is 1. The molecule has 27 heavy (non-hydrogen) atoms. The SMILES string of the molecule is Cc1ccc(CC2(O)CCN(CC(O)Cc3ccc(O)cc3)CC2)cc1.Cl. The van der Waals surface area contributed by atoms with Gasteiger partial charge in [0, 0.05) is 26.1 Å². The summed E-state index contributed by atoms with van der Waals surface area (Å²) in [6.45, 7) is 4.28. The highest BCUT2D eigenvalue weighted by Crippen LogP contribution is 2.27. The van der Waals surface area contributed by atoms with Gasteiger partial charge < -0.3 is 20.2 Å². The van der Waals surface area contributed by atoms with Crippen molar-refractivity contribution in [1.29, 1.82) is 0 Å². The molecule has 1 aliphatic rings. The molecule has 1 unspecified atom stereocenters. The summed E-state index contributed by atoms with van der Waals surface area (Å²) in [7, 11) is 0. The molecule has 3 rings (SSSR count). The number of likely N-dealkylation sites (tertiary alicyclic amines) is 1. The lowest BCUT2D eigenvalue weighted by atomic mass is 9.85. The van der Waals surface area contributed by atoms with Crippen molar-refractivity contribution in [1.82, 2.24) is 4.90 Å². The highest BCUT2D eigenvalue weighted by Gasteiger charge is 2.32. The molecular formula is C22H30ClNO3. The minimum Gasteiger partial charge on any atom is -0.508 e. The number of hydrogen-bond acceptors (Lipinski definition) is 4. The lowest BCUT2D eigenvalue weighted by Crippen LogP contribution is -2.47. The predicted octanol–water partition coefficient (Wildman–Crippen LogP) is 3.10. The van der Waals surface area contributed by atoms with Gasteiger partial charge in [0.1, 0.15) is 5.75 Å². The van der Waals surface area contributed by atoms with E-state index in [4.69, 9.17) is 0 Å². The summed E-state index contributed by atoms with van der Waals surface area (Å²) in [5.41, 5.74) is 2.79. The third-order valence-electron chi connectivity index (χ3n) is 5.32. The van der Waals surface area contributed by atoms with E-state index in [0.29, 0.717) is 19.4 Å². The minimum absolute atomic E-state index is 0. The van der Waals surface area contributed by atoms with Gasteiger partial charge in [-0.25, -0.2) is 0 Å². The molecule has 0 amide bonds. The molecule has 2 aromatic carbocycles. The number of benzene rings is 2. The number of aliphatic hydroxyl groups is 2. The fourth-order valence-corrected chi connectivity index (χ4v) is 3.68. The quantitative estimate of drug-likeness (QED) is 0.708. The Morgan fingerprint density at radius 3 is 2.11 bits per heavy atom. The Morgan fingerprint density at radius 1 is 0.963 bits per heavy atom. The average Bonchev–Trinajstić information content (AvgIpc) is 2.61. The standard InChI is InChI=1S/C22H29NO3.ClH/c1-17-2-4-19(5-3-17)15-22(26)10-12-23(13-11-22)16-21(25)14-18-6-8-20(24)9-7-18;/h2-9,21,24-26H,10-16H2,1H3;1H. The van der Waals surface area contributed by atoms with Crippen molar-refractivity contribution in [3.63, 3.8) is 0 Å². The van der Waals surface area contributed by atoms with Crippen LogP contribution in [0.2, 0.25) is 0 Å². The van der Waals surface area contributed by atoms with Crippen LogP contribution in [0.1, 0.15) is 29.5 Å². The van der Waals surface area contributed by atoms with Crippen molar-refractivity contribution in [2.75, 3.05) is 19.6 Å². The van der Waals surface area contributed by atoms with Gasteiger partial charge in [0.2, 0.25) is 0 Å². The summed E-state index contributed by atoms with van der Waals surface area (Å²) >= 11 is 0. The number of aliphatic hydroxyl groups excluding tert-OH is 1. The van der Waals surface area contributed by atoms with Gasteiger partial charge in [-0.3, -0.25) is 0 Å². The van der Waals surface area contributed by atoms with Gasteiger partial charge in [0.15, 0.2) is 0 Å². The third kappa shape index (κ3) is 6.51. The summed E-state index contributed by atoms with van der Waals surface area (Å²) in [6, 6.07) is 15.4. The van der Waals surface area contributed by atoms with E-state index in [1.54, 1.807) is 12.1 Å². The van der Waals surface area contributed by atoms with Crippen LogP contribution in [0.5, 0.6) is 5.75 Å². The van der Waals surface area contributed by atoms with E-state index in [0.717, 1.165) is 31.5 Å². The maximum atomic E-state index is 10.9. The lowest BCUT2D eigenvalue weighted by molar-refractivity contribution is -0.0292. The van der Waals surface area contributed by atoms with Crippen molar-refractivity contribution in [3.8, 4) is 5.75 Å². The van der Waals surface area contributed by atoms with E-state index in [1.165, 1.54) is 11.1 Å². The molecule has 0 bridgehead atoms. The molecule has 1 aliphatic heterocycles. The van der Waals surface area contributed by atoms with Crippen LogP contribution in [-0.2, 0) is 12.8 Å². The first-order valence-electron chi connectivity index (χ1n) is 9.38. The molecular weight excluding hydrogens is 362 g/mol. The van der Waals surface area contributed by atoms with E-state index in [2.05, 4.69) is 36.1 Å². The summed E-state index contributed by atoms with van der Waals surface area (Å²) in [5, 5.41) is 30.6. The van der Waals surface area contributed by atoms with Crippen LogP contribution in [0.15, 0.2) is 48.5 Å². The zero-order chi connectivity index (χ0) is 18.6. The summed E-state index contributed by atoms with van der Waals surface area (Å²) in [4.78, 5) is 2.23. The molecule has 0 spiro atoms. The van der Waals surface area contributed by atoms with E-state index < -0.39 is 11.7 Å². The minimum atomic E-state index is -0.645. The van der Waals surface area contributed by atoms with E-state index in [-0.39, 0.29) is 18.2 Å². The van der Waals surface area contributed by atoms with Gasteiger partial charge in [-0.05, 0) is 49.4 Å². The molecule has 1 atom stereocenters. The van der Waals surface area contributed by atoms with Crippen molar-refractivity contribution >= 4 is 12.4 Å². The summed E-state index contributed by atoms with van der Waals surface area (Å²) in [6.07, 6.45) is 2.28. The van der Waals surface area contributed by atoms with Crippen LogP contribution in [0, 0.1) is 6.92 Å². The van der Waals surface area contributed by atoms with E-state index in [1.807, 2.05) is 12.1 Å². The Bertz CT molecular complexity index is 695. The number of nitrogens with zero attached hydrogens (tertiary/aromatic N) is 1. The van der Waals surface area contributed by atoms with Gasteiger partial charge in [0.05, 0.1) is 11.7 Å². The van der Waals surface area contributed by atoms with Crippen LogP contribution in [0.4, 0.5) is 0 Å². The maximum absolute atomic E-state index is 10.9. The van der Waals surface area contributed by atoms with Gasteiger partial charge >= 0.3 is 0 Å². The molecule has 0 saturated carbocycles. The summed E-state index contributed by atoms with van der Waals surface area (Å²) in [5.74, 6) is 0.243. The topological polar surface area (TPSA) is 63.9 Å². The number of hydrogen-bond donors (Lipinski definition) is 3. The van der Waals surface area contributed by atoms with Crippen molar-refractivity contribution in [3.05, 3.63) is 65.2 Å². The molecule has 4 nitrogen and oxygen atoms in total. The number of phenolic OH excluding ortho intramolecular Hbond substituents is 1. The highest BCUT2D eigenvalue weighted by atomic mass is 35.5. The zero-order valence-electron chi connectivity index (χ0n) is 15.8.